The molecule has 0 fully saturated rings. The van der Waals surface area contributed by atoms with E-state index in [0.29, 0.717) is 0 Å². The zero-order chi connectivity index (χ0) is 11.0. The lowest BCUT2D eigenvalue weighted by atomic mass is 10.6. The first-order valence-corrected chi connectivity index (χ1v) is 3.76. The quantitative estimate of drug-likeness (QED) is 0.493. The van der Waals surface area contributed by atoms with Crippen molar-refractivity contribution in [3.8, 4) is 0 Å². The summed E-state index contributed by atoms with van der Waals surface area (Å²) in [6.07, 6.45) is -1.87. The van der Waals surface area contributed by atoms with E-state index in [1.807, 2.05) is 0 Å². The van der Waals surface area contributed by atoms with Crippen molar-refractivity contribution in [1.82, 2.24) is 0 Å². The lowest BCUT2D eigenvalue weighted by Gasteiger charge is -2.09. The maximum Gasteiger partial charge on any atom is 0.416 e. The van der Waals surface area contributed by atoms with Crippen LogP contribution in [0, 0.1) is 0 Å². The van der Waals surface area contributed by atoms with Crippen LogP contribution in [0.4, 0.5) is 13.2 Å². The highest BCUT2D eigenvalue weighted by atomic mass is 19.4. The van der Waals surface area contributed by atoms with Crippen LogP contribution in [0.1, 0.15) is 0 Å². The summed E-state index contributed by atoms with van der Waals surface area (Å²) in [4.78, 5) is 0. The lowest BCUT2D eigenvalue weighted by Crippen LogP contribution is -2.08. The van der Waals surface area contributed by atoms with Gasteiger partial charge in [0.25, 0.3) is 5.95 Å². The van der Waals surface area contributed by atoms with Crippen molar-refractivity contribution in [2.75, 3.05) is 13.2 Å². The Morgan fingerprint density at radius 1 is 1.07 bits per heavy atom. The summed E-state index contributed by atoms with van der Waals surface area (Å²) in [6, 6.07) is 0. The van der Waals surface area contributed by atoms with Gasteiger partial charge in [-0.2, -0.15) is 13.2 Å². The fourth-order valence-electron chi connectivity index (χ4n) is 0.541. The fourth-order valence-corrected chi connectivity index (χ4v) is 0.541. The van der Waals surface area contributed by atoms with Gasteiger partial charge in [0.15, 0.2) is 0 Å². The lowest BCUT2D eigenvalue weighted by molar-refractivity contribution is -0.0889. The molecule has 2 nitrogen and oxygen atoms in total. The third kappa shape index (κ3) is 7.27. The molecule has 0 aliphatic heterocycles. The van der Waals surface area contributed by atoms with E-state index in [1.165, 1.54) is 12.2 Å². The van der Waals surface area contributed by atoms with Gasteiger partial charge in [-0.3, -0.25) is 0 Å². The van der Waals surface area contributed by atoms with Crippen LogP contribution in [0.5, 0.6) is 0 Å². The van der Waals surface area contributed by atoms with E-state index in [2.05, 4.69) is 22.6 Å². The second-order valence-electron chi connectivity index (χ2n) is 2.20. The zero-order valence-electron chi connectivity index (χ0n) is 7.51. The van der Waals surface area contributed by atoms with Crippen LogP contribution in [0.25, 0.3) is 0 Å². The van der Waals surface area contributed by atoms with Crippen LogP contribution in [0.3, 0.4) is 0 Å². The van der Waals surface area contributed by atoms with Gasteiger partial charge in [-0.15, -0.1) is 0 Å². The molecular formula is C9H11F3O2. The molecule has 0 saturated heterocycles. The standard InChI is InChI=1S/C9H11F3O2/c1-3-5-13-8(14-6-4-2)7-9(10,11)12/h3-4,7H,1-2,5-6H2. The maximum absolute atomic E-state index is 11.9. The molecule has 0 aromatic carbocycles. The Hall–Kier alpha value is -1.39. The molecule has 0 atom stereocenters. The van der Waals surface area contributed by atoms with Gasteiger partial charge >= 0.3 is 6.18 Å². The first kappa shape index (κ1) is 12.6. The molecule has 0 bridgehead atoms. The average Bonchev–Trinajstić information content (AvgIpc) is 2.07. The monoisotopic (exact) mass is 208 g/mol. The van der Waals surface area contributed by atoms with Crippen LogP contribution in [0.2, 0.25) is 0 Å². The summed E-state index contributed by atoms with van der Waals surface area (Å²) in [7, 11) is 0. The molecule has 0 saturated carbocycles. The Bertz CT molecular complexity index is 205. The third-order valence-electron chi connectivity index (χ3n) is 0.968. The van der Waals surface area contributed by atoms with Crippen molar-refractivity contribution in [2.45, 2.75) is 6.18 Å². The highest BCUT2D eigenvalue weighted by Crippen LogP contribution is 2.19. The molecule has 0 radical (unpaired) electrons. The molecule has 0 aliphatic rings. The molecule has 5 heteroatoms. The molecule has 0 unspecified atom stereocenters. The summed E-state index contributed by atoms with van der Waals surface area (Å²) >= 11 is 0. The van der Waals surface area contributed by atoms with Crippen LogP contribution in [0.15, 0.2) is 37.3 Å². The molecule has 0 aromatic heterocycles. The number of alkyl halides is 3. The SMILES string of the molecule is C=CCOC(=CC(F)(F)F)OCC=C. The summed E-state index contributed by atoms with van der Waals surface area (Å²) in [5.41, 5.74) is 0. The van der Waals surface area contributed by atoms with Crippen LogP contribution >= 0.6 is 0 Å². The Morgan fingerprint density at radius 3 is 1.79 bits per heavy atom. The molecule has 0 N–H and O–H groups in total. The van der Waals surface area contributed by atoms with Crippen LogP contribution in [-0.2, 0) is 9.47 Å². The number of allylic oxidation sites excluding steroid dienone is 1. The molecule has 0 amide bonds. The summed E-state index contributed by atoms with van der Waals surface area (Å²) in [5, 5.41) is 0. The third-order valence-corrected chi connectivity index (χ3v) is 0.968. The minimum Gasteiger partial charge on any atom is -0.461 e. The molecule has 0 heterocycles. The van der Waals surface area contributed by atoms with Gasteiger partial charge in [-0.1, -0.05) is 25.3 Å². The maximum atomic E-state index is 11.9. The van der Waals surface area contributed by atoms with Gasteiger partial charge in [-0.25, -0.2) is 0 Å². The Morgan fingerprint density at radius 2 is 1.50 bits per heavy atom. The van der Waals surface area contributed by atoms with E-state index in [0.717, 1.165) is 0 Å². The highest BCUT2D eigenvalue weighted by molar-refractivity contribution is 4.92. The minimum absolute atomic E-state index is 0.0426. The molecule has 0 aromatic rings. The average molecular weight is 208 g/mol. The largest absolute Gasteiger partial charge is 0.461 e. The van der Waals surface area contributed by atoms with Crippen molar-refractivity contribution >= 4 is 0 Å². The molecule has 14 heavy (non-hydrogen) atoms. The van der Waals surface area contributed by atoms with Gasteiger partial charge < -0.3 is 9.47 Å². The van der Waals surface area contributed by atoms with Gasteiger partial charge in [0, 0.05) is 0 Å². The van der Waals surface area contributed by atoms with Gasteiger partial charge in [0.2, 0.25) is 0 Å². The van der Waals surface area contributed by atoms with E-state index in [-0.39, 0.29) is 19.3 Å². The van der Waals surface area contributed by atoms with Crippen molar-refractivity contribution in [3.63, 3.8) is 0 Å². The number of hydrogen-bond acceptors (Lipinski definition) is 2. The number of rotatable bonds is 6. The highest BCUT2D eigenvalue weighted by Gasteiger charge is 2.26. The summed E-state index contributed by atoms with van der Waals surface area (Å²) in [5.74, 6) is -0.586. The van der Waals surface area contributed by atoms with Crippen LogP contribution < -0.4 is 0 Å². The Kier molecular flexibility index (Phi) is 5.52. The molecule has 0 spiro atoms. The van der Waals surface area contributed by atoms with E-state index >= 15 is 0 Å². The normalized spacial score (nSPS) is 10.2. The number of ether oxygens (including phenoxy) is 2. The predicted octanol–water partition coefficient (Wildman–Crippen LogP) is 2.80. The van der Waals surface area contributed by atoms with Crippen LogP contribution in [-0.4, -0.2) is 19.4 Å². The second-order valence-corrected chi connectivity index (χ2v) is 2.20. The smallest absolute Gasteiger partial charge is 0.416 e. The zero-order valence-corrected chi connectivity index (χ0v) is 7.51. The predicted molar refractivity (Wildman–Crippen MR) is 46.4 cm³/mol. The first-order chi connectivity index (χ1) is 6.49. The van der Waals surface area contributed by atoms with E-state index in [4.69, 9.17) is 0 Å². The van der Waals surface area contributed by atoms with Gasteiger partial charge in [0.1, 0.15) is 13.2 Å². The fraction of sp³-hybridized carbons (Fsp3) is 0.333. The number of halogens is 3. The second kappa shape index (κ2) is 6.12. The molecule has 0 aliphatic carbocycles. The van der Waals surface area contributed by atoms with Crippen molar-refractivity contribution < 1.29 is 22.6 Å². The minimum atomic E-state index is -4.46. The Balaban J connectivity index is 4.29. The molecule has 0 rings (SSSR count). The molecular weight excluding hydrogens is 197 g/mol. The van der Waals surface area contributed by atoms with Gasteiger partial charge in [-0.05, 0) is 0 Å². The van der Waals surface area contributed by atoms with E-state index < -0.39 is 12.1 Å². The molecule has 80 valence electrons. The van der Waals surface area contributed by atoms with Crippen molar-refractivity contribution in [1.29, 1.82) is 0 Å². The topological polar surface area (TPSA) is 18.5 Å². The van der Waals surface area contributed by atoms with E-state index in [1.54, 1.807) is 0 Å². The summed E-state index contributed by atoms with van der Waals surface area (Å²) in [6.45, 7) is 6.52. The van der Waals surface area contributed by atoms with Crippen molar-refractivity contribution in [2.24, 2.45) is 0 Å². The Labute approximate surface area is 80.3 Å². The van der Waals surface area contributed by atoms with E-state index in [9.17, 15) is 13.2 Å². The van der Waals surface area contributed by atoms with Gasteiger partial charge in [0.05, 0.1) is 6.08 Å². The first-order valence-electron chi connectivity index (χ1n) is 3.76. The number of hydrogen-bond donors (Lipinski definition) is 0. The summed E-state index contributed by atoms with van der Waals surface area (Å²) < 4.78 is 44.9. The van der Waals surface area contributed by atoms with Crippen molar-refractivity contribution in [3.05, 3.63) is 37.3 Å².